The monoisotopic (exact) mass is 409 g/mol. The van der Waals surface area contributed by atoms with E-state index >= 15 is 0 Å². The van der Waals surface area contributed by atoms with Crippen molar-refractivity contribution in [3.63, 3.8) is 0 Å². The number of para-hydroxylation sites is 1. The lowest BCUT2D eigenvalue weighted by atomic mass is 10.2. The number of aliphatic hydroxyl groups is 1. The lowest BCUT2D eigenvalue weighted by Crippen LogP contribution is -2.13. The van der Waals surface area contributed by atoms with Crippen LogP contribution in [0.5, 0.6) is 0 Å². The summed E-state index contributed by atoms with van der Waals surface area (Å²) >= 11 is 14.6. The van der Waals surface area contributed by atoms with Gasteiger partial charge in [0.05, 0.1) is 27.1 Å². The van der Waals surface area contributed by atoms with Crippen molar-refractivity contribution in [3.8, 4) is 0 Å². The van der Waals surface area contributed by atoms with Crippen LogP contribution in [0.15, 0.2) is 38.6 Å². The van der Waals surface area contributed by atoms with Gasteiger partial charge in [0.1, 0.15) is 0 Å². The smallest absolute Gasteiger partial charge is 0.0844 e. The van der Waals surface area contributed by atoms with Crippen molar-refractivity contribution in [2.75, 3.05) is 11.9 Å². The van der Waals surface area contributed by atoms with Crippen LogP contribution in [0, 0.1) is 0 Å². The first-order valence-corrected chi connectivity index (χ1v) is 7.96. The molecule has 2 nitrogen and oxygen atoms in total. The van der Waals surface area contributed by atoms with Crippen molar-refractivity contribution in [1.82, 2.24) is 0 Å². The predicted octanol–water partition coefficient (Wildman–Crippen LogP) is 5.07. The minimum Gasteiger partial charge on any atom is -0.394 e. The quantitative estimate of drug-likeness (QED) is 0.736. The minimum atomic E-state index is -0.169. The van der Waals surface area contributed by atoms with Gasteiger partial charge in [-0.05, 0) is 50.1 Å². The lowest BCUT2D eigenvalue weighted by molar-refractivity contribution is 0.278. The van der Waals surface area contributed by atoms with Gasteiger partial charge >= 0.3 is 0 Å². The van der Waals surface area contributed by atoms with Crippen LogP contribution in [0.1, 0.15) is 10.9 Å². The summed E-state index contributed by atoms with van der Waals surface area (Å²) in [7, 11) is 0. The molecule has 1 atom stereocenters. The van der Waals surface area contributed by atoms with Gasteiger partial charge in [-0.15, -0.1) is 11.3 Å². The molecule has 18 heavy (non-hydrogen) atoms. The Kier molecular flexibility index (Phi) is 5.09. The highest BCUT2D eigenvalue weighted by atomic mass is 79.9. The van der Waals surface area contributed by atoms with Crippen LogP contribution in [-0.2, 0) is 0 Å². The number of nitrogens with one attached hydrogen (secondary N) is 1. The first-order valence-electron chi connectivity index (χ1n) is 5.18. The van der Waals surface area contributed by atoms with E-state index in [0.717, 1.165) is 18.8 Å². The van der Waals surface area contributed by atoms with Crippen molar-refractivity contribution in [3.05, 3.63) is 48.5 Å². The van der Waals surface area contributed by atoms with Gasteiger partial charge in [0.2, 0.25) is 0 Å². The molecular weight excluding hydrogens is 401 g/mol. The third kappa shape index (κ3) is 3.27. The summed E-state index contributed by atoms with van der Waals surface area (Å²) in [6, 6.07) is 9.31. The molecule has 0 fully saturated rings. The SMILES string of the molecule is OCC(Nc1ccccc1Cl)c1cc(Br)c(Br)s1. The molecular formula is C12H10Br2ClNOS. The Balaban J connectivity index is 2.22. The molecule has 2 N–H and O–H groups in total. The maximum absolute atomic E-state index is 9.50. The third-order valence-electron chi connectivity index (χ3n) is 2.39. The van der Waals surface area contributed by atoms with E-state index < -0.39 is 0 Å². The molecule has 0 bridgehead atoms. The number of rotatable bonds is 4. The molecule has 0 amide bonds. The fraction of sp³-hybridized carbons (Fsp3) is 0.167. The van der Waals surface area contributed by atoms with E-state index in [1.54, 1.807) is 11.3 Å². The fourth-order valence-electron chi connectivity index (χ4n) is 1.51. The minimum absolute atomic E-state index is 0.00458. The summed E-state index contributed by atoms with van der Waals surface area (Å²) in [6.45, 7) is 0.00458. The van der Waals surface area contributed by atoms with Crippen LogP contribution in [-0.4, -0.2) is 11.7 Å². The van der Waals surface area contributed by atoms with Gasteiger partial charge in [-0.1, -0.05) is 23.7 Å². The number of thiophene rings is 1. The lowest BCUT2D eigenvalue weighted by Gasteiger charge is -2.17. The van der Waals surface area contributed by atoms with E-state index in [1.165, 1.54) is 0 Å². The second-order valence-electron chi connectivity index (χ2n) is 3.63. The highest BCUT2D eigenvalue weighted by Gasteiger charge is 2.15. The van der Waals surface area contributed by atoms with Crippen molar-refractivity contribution in [2.45, 2.75) is 6.04 Å². The maximum Gasteiger partial charge on any atom is 0.0844 e. The van der Waals surface area contributed by atoms with Gasteiger partial charge in [-0.25, -0.2) is 0 Å². The summed E-state index contributed by atoms with van der Waals surface area (Å²) in [5.41, 5.74) is 0.818. The number of halogens is 3. The molecule has 1 aromatic carbocycles. The largest absolute Gasteiger partial charge is 0.394 e. The first-order chi connectivity index (χ1) is 8.61. The van der Waals surface area contributed by atoms with Crippen LogP contribution in [0.4, 0.5) is 5.69 Å². The standard InChI is InChI=1S/C12H10Br2ClNOS/c13-7-5-11(18-12(7)14)10(6-17)16-9-4-2-1-3-8(9)15/h1-5,10,16-17H,6H2. The fourth-order valence-corrected chi connectivity index (χ4v) is 3.83. The van der Waals surface area contributed by atoms with Crippen LogP contribution in [0.2, 0.25) is 5.02 Å². The zero-order valence-corrected chi connectivity index (χ0v) is 13.9. The van der Waals surface area contributed by atoms with Gasteiger partial charge in [0, 0.05) is 9.35 Å². The molecule has 0 aliphatic rings. The number of anilines is 1. The molecule has 0 saturated carbocycles. The molecule has 6 heteroatoms. The zero-order valence-electron chi connectivity index (χ0n) is 9.16. The number of aliphatic hydroxyl groups excluding tert-OH is 1. The van der Waals surface area contributed by atoms with E-state index in [-0.39, 0.29) is 12.6 Å². The molecule has 0 spiro atoms. The van der Waals surface area contributed by atoms with E-state index in [1.807, 2.05) is 30.3 Å². The van der Waals surface area contributed by atoms with E-state index in [9.17, 15) is 5.11 Å². The van der Waals surface area contributed by atoms with Gasteiger partial charge in [0.15, 0.2) is 0 Å². The average molecular weight is 412 g/mol. The van der Waals surface area contributed by atoms with Gasteiger partial charge < -0.3 is 10.4 Å². The Labute approximate surface area is 131 Å². The first kappa shape index (κ1) is 14.3. The Bertz CT molecular complexity index is 527. The summed E-state index contributed by atoms with van der Waals surface area (Å²) in [4.78, 5) is 1.04. The summed E-state index contributed by atoms with van der Waals surface area (Å²) in [5.74, 6) is 0. The van der Waals surface area contributed by atoms with Crippen LogP contribution < -0.4 is 5.32 Å². The molecule has 0 aliphatic heterocycles. The second kappa shape index (κ2) is 6.39. The molecule has 1 aromatic heterocycles. The van der Waals surface area contributed by atoms with Gasteiger partial charge in [-0.2, -0.15) is 0 Å². The molecule has 96 valence electrons. The van der Waals surface area contributed by atoms with E-state index in [0.29, 0.717) is 5.02 Å². The van der Waals surface area contributed by atoms with Crippen LogP contribution >= 0.6 is 54.8 Å². The van der Waals surface area contributed by atoms with Crippen molar-refractivity contribution in [1.29, 1.82) is 0 Å². The van der Waals surface area contributed by atoms with Crippen molar-refractivity contribution >= 4 is 60.5 Å². The molecule has 2 rings (SSSR count). The van der Waals surface area contributed by atoms with Crippen molar-refractivity contribution in [2.24, 2.45) is 0 Å². The maximum atomic E-state index is 9.50. The Morgan fingerprint density at radius 3 is 2.61 bits per heavy atom. The highest BCUT2D eigenvalue weighted by molar-refractivity contribution is 9.13. The van der Waals surface area contributed by atoms with Crippen LogP contribution in [0.25, 0.3) is 0 Å². The van der Waals surface area contributed by atoms with E-state index in [2.05, 4.69) is 37.2 Å². The summed E-state index contributed by atoms with van der Waals surface area (Å²) in [5, 5.41) is 13.4. The Morgan fingerprint density at radius 1 is 1.33 bits per heavy atom. The van der Waals surface area contributed by atoms with Gasteiger partial charge in [0.25, 0.3) is 0 Å². The third-order valence-corrected chi connectivity index (χ3v) is 6.09. The summed E-state index contributed by atoms with van der Waals surface area (Å²) in [6.07, 6.45) is 0. The summed E-state index contributed by atoms with van der Waals surface area (Å²) < 4.78 is 2.00. The normalized spacial score (nSPS) is 12.4. The van der Waals surface area contributed by atoms with Crippen LogP contribution in [0.3, 0.4) is 0 Å². The second-order valence-corrected chi connectivity index (χ2v) is 7.29. The highest BCUT2D eigenvalue weighted by Crippen LogP contribution is 2.37. The molecule has 0 radical (unpaired) electrons. The van der Waals surface area contributed by atoms with E-state index in [4.69, 9.17) is 11.6 Å². The number of hydrogen-bond acceptors (Lipinski definition) is 3. The average Bonchev–Trinajstić information content (AvgIpc) is 2.68. The zero-order chi connectivity index (χ0) is 13.1. The molecule has 0 aliphatic carbocycles. The molecule has 1 unspecified atom stereocenters. The molecule has 2 aromatic rings. The number of benzene rings is 1. The topological polar surface area (TPSA) is 32.3 Å². The molecule has 1 heterocycles. The number of hydrogen-bond donors (Lipinski definition) is 2. The molecule has 0 saturated heterocycles. The predicted molar refractivity (Wildman–Crippen MR) is 84.6 cm³/mol. The Morgan fingerprint density at radius 2 is 2.06 bits per heavy atom. The van der Waals surface area contributed by atoms with Gasteiger partial charge in [-0.3, -0.25) is 0 Å². The van der Waals surface area contributed by atoms with Crippen molar-refractivity contribution < 1.29 is 5.11 Å². The Hall–Kier alpha value is -0.0700.